The molecule has 3 aromatic rings. The van der Waals surface area contributed by atoms with Gasteiger partial charge in [0.05, 0.1) is 5.69 Å². The predicted molar refractivity (Wildman–Crippen MR) is 118 cm³/mol. The Morgan fingerprint density at radius 2 is 1.87 bits per heavy atom. The Hall–Kier alpha value is -2.71. The standard InChI is InChI=1S/C22H24FN5OS/c1-15-3-4-17(14-27-9-11-30-12-10-27)13-20(15)25-22(29)21-24-16(2)28(26-21)19-7-5-18(23)6-8-19/h3-8,13H,9-12,14H2,1-2H3,(H,25,29). The van der Waals surface area contributed by atoms with Crippen molar-refractivity contribution in [2.75, 3.05) is 29.9 Å². The smallest absolute Gasteiger partial charge is 0.295 e. The minimum atomic E-state index is -0.367. The number of carbonyl (C=O) groups excluding carboxylic acids is 1. The Bertz CT molecular complexity index is 1040. The van der Waals surface area contributed by atoms with E-state index in [9.17, 15) is 9.18 Å². The number of aromatic nitrogens is 3. The number of aryl methyl sites for hydroxylation is 2. The Balaban J connectivity index is 1.50. The van der Waals surface area contributed by atoms with Gasteiger partial charge in [0.25, 0.3) is 5.91 Å². The normalized spacial score (nSPS) is 14.6. The Kier molecular flexibility index (Phi) is 6.15. The van der Waals surface area contributed by atoms with Crippen molar-refractivity contribution in [2.24, 2.45) is 0 Å². The number of nitrogens with zero attached hydrogens (tertiary/aromatic N) is 4. The maximum atomic E-state index is 13.2. The highest BCUT2D eigenvalue weighted by atomic mass is 32.2. The molecule has 1 N–H and O–H groups in total. The summed E-state index contributed by atoms with van der Waals surface area (Å²) in [4.78, 5) is 19.5. The molecule has 0 radical (unpaired) electrons. The zero-order chi connectivity index (χ0) is 21.1. The van der Waals surface area contributed by atoms with Crippen molar-refractivity contribution in [1.82, 2.24) is 19.7 Å². The first-order valence-corrected chi connectivity index (χ1v) is 11.1. The van der Waals surface area contributed by atoms with Crippen molar-refractivity contribution < 1.29 is 9.18 Å². The lowest BCUT2D eigenvalue weighted by Crippen LogP contribution is -2.32. The minimum Gasteiger partial charge on any atom is -0.319 e. The lowest BCUT2D eigenvalue weighted by atomic mass is 10.1. The van der Waals surface area contributed by atoms with Gasteiger partial charge in [0, 0.05) is 36.8 Å². The van der Waals surface area contributed by atoms with E-state index in [1.54, 1.807) is 19.1 Å². The van der Waals surface area contributed by atoms with Gasteiger partial charge in [-0.15, -0.1) is 5.10 Å². The Labute approximate surface area is 179 Å². The van der Waals surface area contributed by atoms with E-state index in [2.05, 4.69) is 26.4 Å². The fourth-order valence-electron chi connectivity index (χ4n) is 3.41. The van der Waals surface area contributed by atoms with Crippen molar-refractivity contribution in [1.29, 1.82) is 0 Å². The van der Waals surface area contributed by atoms with Gasteiger partial charge in [-0.25, -0.2) is 14.1 Å². The summed E-state index contributed by atoms with van der Waals surface area (Å²) in [6, 6.07) is 12.1. The molecule has 0 aliphatic carbocycles. The van der Waals surface area contributed by atoms with Crippen LogP contribution in [-0.2, 0) is 6.54 Å². The number of hydrogen-bond donors (Lipinski definition) is 1. The molecule has 1 fully saturated rings. The summed E-state index contributed by atoms with van der Waals surface area (Å²) < 4.78 is 14.7. The molecule has 30 heavy (non-hydrogen) atoms. The number of thioether (sulfide) groups is 1. The molecule has 0 bridgehead atoms. The van der Waals surface area contributed by atoms with Crippen LogP contribution in [0.5, 0.6) is 0 Å². The van der Waals surface area contributed by atoms with Gasteiger partial charge >= 0.3 is 0 Å². The molecule has 2 aromatic carbocycles. The molecular weight excluding hydrogens is 401 g/mol. The number of amides is 1. The molecule has 156 valence electrons. The topological polar surface area (TPSA) is 63.1 Å². The van der Waals surface area contributed by atoms with Gasteiger partial charge in [0.15, 0.2) is 0 Å². The van der Waals surface area contributed by atoms with Crippen LogP contribution in [0.15, 0.2) is 42.5 Å². The first kappa shape index (κ1) is 20.6. The van der Waals surface area contributed by atoms with Crippen LogP contribution in [0.2, 0.25) is 0 Å². The molecule has 4 rings (SSSR count). The molecule has 0 saturated carbocycles. The highest BCUT2D eigenvalue weighted by molar-refractivity contribution is 7.99. The molecule has 0 unspecified atom stereocenters. The average molecular weight is 426 g/mol. The van der Waals surface area contributed by atoms with Crippen molar-refractivity contribution >= 4 is 23.4 Å². The predicted octanol–water partition coefficient (Wildman–Crippen LogP) is 3.82. The van der Waals surface area contributed by atoms with Gasteiger partial charge < -0.3 is 5.32 Å². The summed E-state index contributed by atoms with van der Waals surface area (Å²) in [5, 5.41) is 7.26. The summed E-state index contributed by atoms with van der Waals surface area (Å²) in [6.07, 6.45) is 0. The van der Waals surface area contributed by atoms with Crippen LogP contribution in [0.3, 0.4) is 0 Å². The third-order valence-corrected chi connectivity index (χ3v) is 6.05. The summed E-state index contributed by atoms with van der Waals surface area (Å²) in [5.74, 6) is 2.27. The quantitative estimate of drug-likeness (QED) is 0.673. The zero-order valence-corrected chi connectivity index (χ0v) is 17.9. The summed E-state index contributed by atoms with van der Waals surface area (Å²) >= 11 is 1.99. The molecule has 6 nitrogen and oxygen atoms in total. The highest BCUT2D eigenvalue weighted by Crippen LogP contribution is 2.20. The largest absolute Gasteiger partial charge is 0.319 e. The van der Waals surface area contributed by atoms with Crippen LogP contribution in [0.4, 0.5) is 10.1 Å². The van der Waals surface area contributed by atoms with E-state index in [0.29, 0.717) is 11.5 Å². The second kappa shape index (κ2) is 8.97. The number of halogens is 1. The number of rotatable bonds is 5. The van der Waals surface area contributed by atoms with Crippen LogP contribution in [0, 0.1) is 19.7 Å². The van der Waals surface area contributed by atoms with Gasteiger partial charge in [0.2, 0.25) is 5.82 Å². The van der Waals surface area contributed by atoms with E-state index >= 15 is 0 Å². The molecular formula is C22H24FN5OS. The lowest BCUT2D eigenvalue weighted by molar-refractivity contribution is 0.101. The number of carbonyl (C=O) groups is 1. The molecule has 1 saturated heterocycles. The van der Waals surface area contributed by atoms with Gasteiger partial charge in [-0.1, -0.05) is 12.1 Å². The maximum absolute atomic E-state index is 13.2. The van der Waals surface area contributed by atoms with E-state index in [4.69, 9.17) is 0 Å². The first-order valence-electron chi connectivity index (χ1n) is 9.90. The van der Waals surface area contributed by atoms with Crippen LogP contribution in [-0.4, -0.2) is 50.2 Å². The third kappa shape index (κ3) is 4.71. The molecule has 0 spiro atoms. The second-order valence-corrected chi connectivity index (χ2v) is 8.59. The molecule has 8 heteroatoms. The molecule has 0 atom stereocenters. The van der Waals surface area contributed by atoms with Gasteiger partial charge in [0.1, 0.15) is 11.6 Å². The SMILES string of the molecule is Cc1ccc(CN2CCSCC2)cc1NC(=O)c1nc(C)n(-c2ccc(F)cc2)n1. The van der Waals surface area contributed by atoms with E-state index in [0.717, 1.165) is 42.4 Å². The summed E-state index contributed by atoms with van der Waals surface area (Å²) in [6.45, 7) is 6.78. The Morgan fingerprint density at radius 3 is 2.60 bits per heavy atom. The lowest BCUT2D eigenvalue weighted by Gasteiger charge is -2.26. The third-order valence-electron chi connectivity index (χ3n) is 5.10. The number of nitrogens with one attached hydrogen (secondary N) is 1. The van der Waals surface area contributed by atoms with Crippen molar-refractivity contribution in [2.45, 2.75) is 20.4 Å². The zero-order valence-electron chi connectivity index (χ0n) is 17.1. The van der Waals surface area contributed by atoms with E-state index in [1.165, 1.54) is 22.4 Å². The second-order valence-electron chi connectivity index (χ2n) is 7.36. The van der Waals surface area contributed by atoms with Crippen LogP contribution in [0.1, 0.15) is 27.6 Å². The molecule has 1 aromatic heterocycles. The van der Waals surface area contributed by atoms with Crippen molar-refractivity contribution in [3.8, 4) is 5.69 Å². The molecule has 1 aliphatic rings. The van der Waals surface area contributed by atoms with Gasteiger partial charge in [-0.3, -0.25) is 9.69 Å². The van der Waals surface area contributed by atoms with E-state index in [1.807, 2.05) is 30.8 Å². The fraction of sp³-hybridized carbons (Fsp3) is 0.318. The van der Waals surface area contributed by atoms with E-state index in [-0.39, 0.29) is 17.5 Å². The average Bonchev–Trinajstić information content (AvgIpc) is 3.14. The van der Waals surface area contributed by atoms with Crippen molar-refractivity contribution in [3.05, 3.63) is 71.1 Å². The maximum Gasteiger partial charge on any atom is 0.295 e. The summed E-state index contributed by atoms with van der Waals surface area (Å²) in [5.41, 5.74) is 3.57. The number of benzene rings is 2. The fourth-order valence-corrected chi connectivity index (χ4v) is 4.39. The van der Waals surface area contributed by atoms with Gasteiger partial charge in [-0.2, -0.15) is 11.8 Å². The molecule has 1 aliphatic heterocycles. The van der Waals surface area contributed by atoms with Crippen molar-refractivity contribution in [3.63, 3.8) is 0 Å². The first-order chi connectivity index (χ1) is 14.5. The number of anilines is 1. The van der Waals surface area contributed by atoms with Crippen LogP contribution < -0.4 is 5.32 Å². The number of hydrogen-bond acceptors (Lipinski definition) is 5. The van der Waals surface area contributed by atoms with Gasteiger partial charge in [-0.05, 0) is 55.3 Å². The highest BCUT2D eigenvalue weighted by Gasteiger charge is 2.17. The molecule has 1 amide bonds. The monoisotopic (exact) mass is 425 g/mol. The van der Waals surface area contributed by atoms with Crippen LogP contribution >= 0.6 is 11.8 Å². The van der Waals surface area contributed by atoms with Crippen LogP contribution in [0.25, 0.3) is 5.69 Å². The summed E-state index contributed by atoms with van der Waals surface area (Å²) in [7, 11) is 0. The Morgan fingerprint density at radius 1 is 1.13 bits per heavy atom. The minimum absolute atomic E-state index is 0.0784. The van der Waals surface area contributed by atoms with E-state index < -0.39 is 0 Å². The molecule has 2 heterocycles.